The van der Waals surface area contributed by atoms with Crippen molar-refractivity contribution in [1.29, 1.82) is 0 Å². The van der Waals surface area contributed by atoms with Crippen molar-refractivity contribution in [3.63, 3.8) is 0 Å². The molecule has 0 bridgehead atoms. The quantitative estimate of drug-likeness (QED) is 0.316. The van der Waals surface area contributed by atoms with E-state index in [0.29, 0.717) is 5.92 Å². The van der Waals surface area contributed by atoms with Gasteiger partial charge in [0.2, 0.25) is 0 Å². The van der Waals surface area contributed by atoms with Crippen LogP contribution in [-0.4, -0.2) is 74.7 Å². The molecule has 2 rings (SSSR count). The zero-order valence-corrected chi connectivity index (χ0v) is 19.7. The molecule has 7 heteroatoms. The summed E-state index contributed by atoms with van der Waals surface area (Å²) >= 11 is 1.82. The molecule has 150 valence electrons. The average Bonchev–Trinajstić information content (AvgIpc) is 3.14. The van der Waals surface area contributed by atoms with Gasteiger partial charge in [0, 0.05) is 57.2 Å². The second kappa shape index (κ2) is 13.7. The Morgan fingerprint density at radius 1 is 1.19 bits per heavy atom. The Balaban J connectivity index is 0.00000338. The van der Waals surface area contributed by atoms with Gasteiger partial charge < -0.3 is 20.4 Å². The molecule has 1 aromatic heterocycles. The summed E-state index contributed by atoms with van der Waals surface area (Å²) < 4.78 is 0. The highest BCUT2D eigenvalue weighted by Crippen LogP contribution is 2.08. The Morgan fingerprint density at radius 2 is 1.92 bits per heavy atom. The summed E-state index contributed by atoms with van der Waals surface area (Å²) in [5, 5.41) is 8.95. The molecule has 0 saturated carbocycles. The maximum atomic E-state index is 4.79. The van der Waals surface area contributed by atoms with Crippen molar-refractivity contribution in [2.24, 2.45) is 10.9 Å². The Labute approximate surface area is 180 Å². The molecule has 1 fully saturated rings. The molecule has 2 N–H and O–H groups in total. The first-order chi connectivity index (χ1) is 12.2. The number of hydrogen-bond donors (Lipinski definition) is 2. The Kier molecular flexibility index (Phi) is 12.5. The smallest absolute Gasteiger partial charge is 0.191 e. The van der Waals surface area contributed by atoms with E-state index in [1.54, 1.807) is 0 Å². The van der Waals surface area contributed by atoms with E-state index in [1.807, 2.05) is 11.3 Å². The van der Waals surface area contributed by atoms with Crippen LogP contribution in [0.15, 0.2) is 22.5 Å². The summed E-state index contributed by atoms with van der Waals surface area (Å²) in [4.78, 5) is 11.3. The van der Waals surface area contributed by atoms with Gasteiger partial charge in [-0.2, -0.15) is 0 Å². The number of likely N-dealkylation sites (N-methyl/N-ethyl adjacent to an activating group) is 1. The number of piperazine rings is 1. The van der Waals surface area contributed by atoms with Crippen molar-refractivity contribution >= 4 is 41.3 Å². The molecular formula is C19H36IN5S. The van der Waals surface area contributed by atoms with E-state index in [9.17, 15) is 0 Å². The molecule has 1 atom stereocenters. The van der Waals surface area contributed by atoms with Crippen molar-refractivity contribution in [2.75, 3.05) is 58.9 Å². The average molecular weight is 494 g/mol. The molecule has 0 radical (unpaired) electrons. The second-order valence-corrected chi connectivity index (χ2v) is 7.85. The van der Waals surface area contributed by atoms with Crippen LogP contribution in [0.5, 0.6) is 0 Å². The number of aliphatic imine (C=N–C) groups is 1. The van der Waals surface area contributed by atoms with E-state index in [4.69, 9.17) is 4.99 Å². The first kappa shape index (κ1) is 23.7. The van der Waals surface area contributed by atoms with Gasteiger partial charge in [-0.15, -0.1) is 35.3 Å². The van der Waals surface area contributed by atoms with Crippen molar-refractivity contribution < 1.29 is 0 Å². The fraction of sp³-hybridized carbons (Fsp3) is 0.737. The van der Waals surface area contributed by atoms with Gasteiger partial charge in [0.1, 0.15) is 0 Å². The zero-order valence-electron chi connectivity index (χ0n) is 16.5. The van der Waals surface area contributed by atoms with E-state index in [0.717, 1.165) is 38.6 Å². The fourth-order valence-corrected chi connectivity index (χ4v) is 3.84. The van der Waals surface area contributed by atoms with Crippen LogP contribution in [0.3, 0.4) is 0 Å². The standard InChI is InChI=1S/C19H35N5S.HI/c1-4-20-19(21-9-8-18-7-6-14-25-18)22-15-17(3)16-24-12-10-23(5-2)11-13-24;/h6-7,14,17H,4-5,8-13,15-16H2,1-3H3,(H2,20,21,22);1H. The van der Waals surface area contributed by atoms with Crippen molar-refractivity contribution in [2.45, 2.75) is 27.2 Å². The number of nitrogens with zero attached hydrogens (tertiary/aromatic N) is 3. The fourth-order valence-electron chi connectivity index (χ4n) is 3.13. The minimum Gasteiger partial charge on any atom is -0.357 e. The van der Waals surface area contributed by atoms with Crippen LogP contribution >= 0.6 is 35.3 Å². The molecule has 2 heterocycles. The summed E-state index contributed by atoms with van der Waals surface area (Å²) in [6.45, 7) is 16.5. The lowest BCUT2D eigenvalue weighted by molar-refractivity contribution is 0.125. The van der Waals surface area contributed by atoms with Gasteiger partial charge in [0.25, 0.3) is 0 Å². The SMILES string of the molecule is CCNC(=NCC(C)CN1CCN(CC)CC1)NCCc1cccs1.I. The van der Waals surface area contributed by atoms with Gasteiger partial charge in [-0.1, -0.05) is 19.9 Å². The van der Waals surface area contributed by atoms with Crippen LogP contribution in [0.25, 0.3) is 0 Å². The largest absolute Gasteiger partial charge is 0.357 e. The first-order valence-electron chi connectivity index (χ1n) is 9.70. The molecule has 1 aliphatic heterocycles. The lowest BCUT2D eigenvalue weighted by Gasteiger charge is -2.35. The molecule has 1 saturated heterocycles. The van der Waals surface area contributed by atoms with E-state index in [2.05, 4.69) is 58.7 Å². The van der Waals surface area contributed by atoms with Gasteiger partial charge in [-0.05, 0) is 37.3 Å². The third kappa shape index (κ3) is 9.01. The third-order valence-electron chi connectivity index (χ3n) is 4.63. The number of guanidine groups is 1. The van der Waals surface area contributed by atoms with E-state index < -0.39 is 0 Å². The molecule has 0 aromatic carbocycles. The monoisotopic (exact) mass is 493 g/mol. The zero-order chi connectivity index (χ0) is 17.9. The number of hydrogen-bond acceptors (Lipinski definition) is 4. The minimum absolute atomic E-state index is 0. The van der Waals surface area contributed by atoms with Crippen molar-refractivity contribution in [1.82, 2.24) is 20.4 Å². The number of thiophene rings is 1. The first-order valence-corrected chi connectivity index (χ1v) is 10.6. The maximum Gasteiger partial charge on any atom is 0.191 e. The molecule has 26 heavy (non-hydrogen) atoms. The summed E-state index contributed by atoms with van der Waals surface area (Å²) in [5.74, 6) is 1.53. The normalized spacial score (nSPS) is 17.6. The van der Waals surface area contributed by atoms with Crippen LogP contribution in [0.4, 0.5) is 0 Å². The summed E-state index contributed by atoms with van der Waals surface area (Å²) in [7, 11) is 0. The topological polar surface area (TPSA) is 42.9 Å². The van der Waals surface area contributed by atoms with Gasteiger partial charge in [-0.3, -0.25) is 4.99 Å². The number of rotatable bonds is 9. The van der Waals surface area contributed by atoms with Crippen LogP contribution in [0.2, 0.25) is 0 Å². The Morgan fingerprint density at radius 3 is 2.54 bits per heavy atom. The van der Waals surface area contributed by atoms with E-state index >= 15 is 0 Å². The Hall–Kier alpha value is -0.380. The van der Waals surface area contributed by atoms with Gasteiger partial charge in [0.15, 0.2) is 5.96 Å². The summed E-state index contributed by atoms with van der Waals surface area (Å²) in [6.07, 6.45) is 1.05. The maximum absolute atomic E-state index is 4.79. The van der Waals surface area contributed by atoms with Crippen LogP contribution in [0.1, 0.15) is 25.6 Å². The highest BCUT2D eigenvalue weighted by Gasteiger charge is 2.17. The van der Waals surface area contributed by atoms with Crippen molar-refractivity contribution in [3.8, 4) is 0 Å². The third-order valence-corrected chi connectivity index (χ3v) is 5.57. The van der Waals surface area contributed by atoms with E-state index in [1.165, 1.54) is 37.6 Å². The van der Waals surface area contributed by atoms with Crippen LogP contribution in [-0.2, 0) is 6.42 Å². The lowest BCUT2D eigenvalue weighted by Crippen LogP contribution is -2.47. The molecule has 1 unspecified atom stereocenters. The molecular weight excluding hydrogens is 457 g/mol. The predicted octanol–water partition coefficient (Wildman–Crippen LogP) is 2.74. The molecule has 0 amide bonds. The highest BCUT2D eigenvalue weighted by atomic mass is 127. The molecule has 5 nitrogen and oxygen atoms in total. The summed E-state index contributed by atoms with van der Waals surface area (Å²) in [5.41, 5.74) is 0. The van der Waals surface area contributed by atoms with Gasteiger partial charge in [0.05, 0.1) is 0 Å². The minimum atomic E-state index is 0. The second-order valence-electron chi connectivity index (χ2n) is 6.82. The van der Waals surface area contributed by atoms with E-state index in [-0.39, 0.29) is 24.0 Å². The molecule has 1 aliphatic rings. The molecule has 0 aliphatic carbocycles. The predicted molar refractivity (Wildman–Crippen MR) is 125 cm³/mol. The van der Waals surface area contributed by atoms with Gasteiger partial charge >= 0.3 is 0 Å². The molecule has 0 spiro atoms. The Bertz CT molecular complexity index is 486. The number of nitrogens with one attached hydrogen (secondary N) is 2. The van der Waals surface area contributed by atoms with Crippen LogP contribution < -0.4 is 10.6 Å². The lowest BCUT2D eigenvalue weighted by atomic mass is 10.1. The molecule has 1 aromatic rings. The van der Waals surface area contributed by atoms with Gasteiger partial charge in [-0.25, -0.2) is 0 Å². The number of halogens is 1. The van der Waals surface area contributed by atoms with Crippen molar-refractivity contribution in [3.05, 3.63) is 22.4 Å². The summed E-state index contributed by atoms with van der Waals surface area (Å²) in [6, 6.07) is 4.30. The highest BCUT2D eigenvalue weighted by molar-refractivity contribution is 14.0. The van der Waals surface area contributed by atoms with Crippen LogP contribution in [0, 0.1) is 5.92 Å².